The Hall–Kier alpha value is -4.30. The Morgan fingerprint density at radius 1 is 0.517 bits per heavy atom. The average molecular weight is 822 g/mol. The fraction of sp³-hybridized carbons (Fsp3) is 0.455. The Morgan fingerprint density at radius 3 is 1.34 bits per heavy atom. The van der Waals surface area contributed by atoms with E-state index < -0.39 is 0 Å². The van der Waals surface area contributed by atoms with Crippen molar-refractivity contribution in [2.75, 3.05) is 76.3 Å². The first kappa shape index (κ1) is 39.2. The average Bonchev–Trinajstić information content (AvgIpc) is 3.91. The summed E-state index contributed by atoms with van der Waals surface area (Å²) in [5.74, 6) is 2.46. The maximum absolute atomic E-state index is 6.40. The topological polar surface area (TPSA) is 97.4 Å². The van der Waals surface area contributed by atoms with Gasteiger partial charge in [-0.2, -0.15) is 0 Å². The van der Waals surface area contributed by atoms with E-state index in [-0.39, 0.29) is 24.2 Å². The van der Waals surface area contributed by atoms with Gasteiger partial charge in [0.2, 0.25) is 0 Å². The minimum atomic E-state index is 0.171. The van der Waals surface area contributed by atoms with Gasteiger partial charge >= 0.3 is 0 Å². The molecule has 6 aromatic rings. The Balaban J connectivity index is 0.000000150. The monoisotopic (exact) mass is 820 g/mol. The summed E-state index contributed by atoms with van der Waals surface area (Å²) in [5, 5.41) is 8.97. The van der Waals surface area contributed by atoms with Crippen molar-refractivity contribution < 1.29 is 0 Å². The highest BCUT2D eigenvalue weighted by atomic mass is 35.5. The fourth-order valence-electron chi connectivity index (χ4n) is 9.03. The molecule has 14 heteroatoms. The van der Waals surface area contributed by atoms with Crippen LogP contribution in [0.4, 0.5) is 11.6 Å². The molecule has 4 fully saturated rings. The van der Waals surface area contributed by atoms with E-state index in [1.807, 2.05) is 36.7 Å². The number of rotatable bonds is 6. The van der Waals surface area contributed by atoms with E-state index in [0.717, 1.165) is 135 Å². The predicted molar refractivity (Wildman–Crippen MR) is 233 cm³/mol. The molecule has 0 saturated carbocycles. The quantitative estimate of drug-likeness (QED) is 0.177. The van der Waals surface area contributed by atoms with Crippen molar-refractivity contribution in [1.82, 2.24) is 49.2 Å². The number of halogens is 2. The highest BCUT2D eigenvalue weighted by Gasteiger charge is 2.29. The third kappa shape index (κ3) is 8.41. The van der Waals surface area contributed by atoms with E-state index in [0.29, 0.717) is 0 Å². The molecule has 4 aliphatic rings. The van der Waals surface area contributed by atoms with Crippen LogP contribution in [0.15, 0.2) is 85.5 Å². The molecule has 4 atom stereocenters. The normalized spacial score (nSPS) is 23.6. The second-order valence-corrected chi connectivity index (χ2v) is 17.1. The number of hydrogen-bond acceptors (Lipinski definition) is 10. The molecule has 12 nitrogen and oxygen atoms in total. The zero-order chi connectivity index (χ0) is 39.6. The van der Waals surface area contributed by atoms with Crippen molar-refractivity contribution in [3.8, 4) is 0 Å². The van der Waals surface area contributed by atoms with Crippen LogP contribution in [-0.4, -0.2) is 105 Å². The number of piperidine rings is 2. The number of anilines is 2. The molecule has 4 aliphatic heterocycles. The molecule has 0 aromatic carbocycles. The molecule has 0 spiro atoms. The molecule has 6 aromatic heterocycles. The van der Waals surface area contributed by atoms with Crippen LogP contribution in [0.3, 0.4) is 0 Å². The number of fused-ring (bicyclic) bond motifs is 2. The number of aromatic nitrogens is 6. The number of nitrogens with one attached hydrogen (secondary N) is 2. The van der Waals surface area contributed by atoms with Crippen LogP contribution in [0.1, 0.15) is 85.5 Å². The zero-order valence-electron chi connectivity index (χ0n) is 33.5. The number of hydrogen-bond donors (Lipinski definition) is 2. The smallest absolute Gasteiger partial charge is 0.138 e. The summed E-state index contributed by atoms with van der Waals surface area (Å²) >= 11 is 12.8. The van der Waals surface area contributed by atoms with Crippen molar-refractivity contribution in [3.63, 3.8) is 0 Å². The van der Waals surface area contributed by atoms with Crippen LogP contribution >= 0.6 is 23.2 Å². The Bertz CT molecular complexity index is 2150. The summed E-state index contributed by atoms with van der Waals surface area (Å²) in [7, 11) is 4.37. The molecule has 10 rings (SSSR count). The summed E-state index contributed by atoms with van der Waals surface area (Å²) in [6, 6.07) is 21.2. The van der Waals surface area contributed by atoms with Gasteiger partial charge in [-0.05, 0) is 101 Å². The molecule has 0 aliphatic carbocycles. The second-order valence-electron chi connectivity index (χ2n) is 16.3. The predicted octanol–water partition coefficient (Wildman–Crippen LogP) is 7.38. The molecule has 10 heterocycles. The Morgan fingerprint density at radius 2 is 0.931 bits per heavy atom. The highest BCUT2D eigenvalue weighted by Crippen LogP contribution is 2.36. The SMILES string of the molecule is CN1CCN(c2cccc3nc([C@@H]4CCC[C@H](c5ncccc5Cl)N4)cn23)CC1.CN1CCN(c2cccc3nc([C@H]4CCC[C@@H](c5ncccc5Cl)N4)cn23)CC1. The molecule has 58 heavy (non-hydrogen) atoms. The van der Waals surface area contributed by atoms with Crippen molar-refractivity contribution >= 4 is 46.1 Å². The first-order valence-electron chi connectivity index (χ1n) is 20.9. The van der Waals surface area contributed by atoms with Gasteiger partial charge in [0, 0.05) is 77.1 Å². The standard InChI is InChI=1S/2C22H27ClN6/c2*1-27-11-13-28(14-12-27)21-9-3-8-20-26-19(15-29(20)21)17-6-2-7-18(25-17)22-16(23)5-4-10-24-22/h2*3-5,8-10,15,17-18,25H,2,6-7,11-14H2,1H3/t2*17-,18+/m10/s1. The summed E-state index contributed by atoms with van der Waals surface area (Å²) in [6.45, 7) is 8.55. The number of nitrogens with zero attached hydrogens (tertiary/aromatic N) is 10. The Kier molecular flexibility index (Phi) is 11.8. The first-order chi connectivity index (χ1) is 28.4. The van der Waals surface area contributed by atoms with Gasteiger partial charge < -0.3 is 30.2 Å². The lowest BCUT2D eigenvalue weighted by atomic mass is 9.94. The van der Waals surface area contributed by atoms with E-state index in [1.165, 1.54) is 11.6 Å². The zero-order valence-corrected chi connectivity index (χ0v) is 35.0. The molecule has 0 amide bonds. The number of piperazine rings is 2. The molecule has 0 radical (unpaired) electrons. The summed E-state index contributed by atoms with van der Waals surface area (Å²) in [6.07, 6.45) is 14.6. The molecule has 2 N–H and O–H groups in total. The van der Waals surface area contributed by atoms with Gasteiger partial charge in [-0.3, -0.25) is 18.8 Å². The van der Waals surface area contributed by atoms with Gasteiger partial charge in [-0.1, -0.05) is 35.3 Å². The van der Waals surface area contributed by atoms with E-state index in [2.05, 4.69) is 112 Å². The minimum Gasteiger partial charge on any atom is -0.355 e. The molecular formula is C44H54Cl2N12. The Labute approximate surface area is 351 Å². The van der Waals surface area contributed by atoms with Gasteiger partial charge in [0.25, 0.3) is 0 Å². The number of pyridine rings is 4. The van der Waals surface area contributed by atoms with Crippen LogP contribution in [0.2, 0.25) is 10.0 Å². The maximum atomic E-state index is 6.40. The number of imidazole rings is 2. The maximum Gasteiger partial charge on any atom is 0.138 e. The highest BCUT2D eigenvalue weighted by molar-refractivity contribution is 6.31. The lowest BCUT2D eigenvalue weighted by Crippen LogP contribution is -2.45. The lowest BCUT2D eigenvalue weighted by Gasteiger charge is -2.34. The van der Waals surface area contributed by atoms with Crippen LogP contribution < -0.4 is 20.4 Å². The van der Waals surface area contributed by atoms with E-state index >= 15 is 0 Å². The lowest BCUT2D eigenvalue weighted by molar-refractivity contribution is 0.311. The van der Waals surface area contributed by atoms with Crippen molar-refractivity contribution in [2.24, 2.45) is 0 Å². The van der Waals surface area contributed by atoms with E-state index in [4.69, 9.17) is 33.2 Å². The molecule has 0 bridgehead atoms. The third-order valence-corrected chi connectivity index (χ3v) is 13.0. The summed E-state index contributed by atoms with van der Waals surface area (Å²) in [4.78, 5) is 28.7. The largest absolute Gasteiger partial charge is 0.355 e. The van der Waals surface area contributed by atoms with Crippen molar-refractivity contribution in [3.05, 3.63) is 118 Å². The second kappa shape index (κ2) is 17.5. The summed E-state index contributed by atoms with van der Waals surface area (Å²) < 4.78 is 4.50. The van der Waals surface area contributed by atoms with Crippen LogP contribution in [0.5, 0.6) is 0 Å². The first-order valence-corrected chi connectivity index (χ1v) is 21.7. The van der Waals surface area contributed by atoms with Gasteiger partial charge in [-0.15, -0.1) is 0 Å². The molecular weight excluding hydrogens is 767 g/mol. The summed E-state index contributed by atoms with van der Waals surface area (Å²) in [5.41, 5.74) is 6.11. The molecule has 0 unspecified atom stereocenters. The number of likely N-dealkylation sites (N-methyl/N-ethyl adjacent to an activating group) is 2. The van der Waals surface area contributed by atoms with Crippen LogP contribution in [-0.2, 0) is 0 Å². The molecule has 304 valence electrons. The van der Waals surface area contributed by atoms with Crippen molar-refractivity contribution in [2.45, 2.75) is 62.7 Å². The van der Waals surface area contributed by atoms with Crippen LogP contribution in [0.25, 0.3) is 11.3 Å². The van der Waals surface area contributed by atoms with E-state index in [9.17, 15) is 0 Å². The van der Waals surface area contributed by atoms with Gasteiger partial charge in [-0.25, -0.2) is 9.97 Å². The van der Waals surface area contributed by atoms with Crippen LogP contribution in [0, 0.1) is 0 Å². The van der Waals surface area contributed by atoms with Gasteiger partial charge in [0.1, 0.15) is 22.9 Å². The van der Waals surface area contributed by atoms with Gasteiger partial charge in [0.15, 0.2) is 0 Å². The fourth-order valence-corrected chi connectivity index (χ4v) is 9.54. The van der Waals surface area contributed by atoms with Gasteiger partial charge in [0.05, 0.1) is 57.0 Å². The minimum absolute atomic E-state index is 0.171. The third-order valence-electron chi connectivity index (χ3n) is 12.4. The van der Waals surface area contributed by atoms with Crippen molar-refractivity contribution in [1.29, 1.82) is 0 Å². The molecule has 4 saturated heterocycles. The van der Waals surface area contributed by atoms with E-state index in [1.54, 1.807) is 0 Å².